The van der Waals surface area contributed by atoms with Crippen LogP contribution in [-0.4, -0.2) is 19.5 Å². The van der Waals surface area contributed by atoms with Gasteiger partial charge >= 0.3 is 0 Å². The number of nitrogens with one attached hydrogen (secondary N) is 1. The van der Waals surface area contributed by atoms with Crippen molar-refractivity contribution in [1.29, 1.82) is 0 Å². The lowest BCUT2D eigenvalue weighted by Crippen LogP contribution is -2.02. The summed E-state index contributed by atoms with van der Waals surface area (Å²) < 4.78 is 29.0. The number of fused-ring (bicyclic) bond motifs is 3. The van der Waals surface area contributed by atoms with E-state index in [1.165, 1.54) is 24.9 Å². The van der Waals surface area contributed by atoms with Crippen LogP contribution in [0.1, 0.15) is 25.1 Å². The van der Waals surface area contributed by atoms with Crippen LogP contribution in [0.2, 0.25) is 0 Å². The Morgan fingerprint density at radius 3 is 2.87 bits per heavy atom. The fourth-order valence-corrected chi connectivity index (χ4v) is 2.95. The Morgan fingerprint density at radius 1 is 1.09 bits per heavy atom. The summed E-state index contributed by atoms with van der Waals surface area (Å²) in [6.07, 6.45) is 5.72. The lowest BCUT2D eigenvalue weighted by molar-refractivity contribution is 0.586. The molecule has 0 bridgehead atoms. The van der Waals surface area contributed by atoms with Gasteiger partial charge in [-0.25, -0.2) is 23.7 Å². The van der Waals surface area contributed by atoms with Crippen LogP contribution >= 0.6 is 0 Å². The largest absolute Gasteiger partial charge is 0.336 e. The number of benzene rings is 1. The summed E-state index contributed by atoms with van der Waals surface area (Å²) in [7, 11) is 0. The van der Waals surface area contributed by atoms with Crippen molar-refractivity contribution in [2.24, 2.45) is 0 Å². The highest BCUT2D eigenvalue weighted by Gasteiger charge is 2.18. The Kier molecular flexibility index (Phi) is 3.40. The molecule has 1 aliphatic heterocycles. The molecule has 2 aromatic heterocycles. The van der Waals surface area contributed by atoms with E-state index in [2.05, 4.69) is 24.8 Å². The van der Waals surface area contributed by atoms with Gasteiger partial charge in [-0.15, -0.1) is 0 Å². The second-order valence-corrected chi connectivity index (χ2v) is 5.63. The fourth-order valence-electron chi connectivity index (χ4n) is 2.95. The van der Waals surface area contributed by atoms with E-state index in [0.717, 1.165) is 43.3 Å². The van der Waals surface area contributed by atoms with Gasteiger partial charge in [-0.1, -0.05) is 6.42 Å². The molecule has 0 aliphatic carbocycles. The van der Waals surface area contributed by atoms with Gasteiger partial charge in [-0.3, -0.25) is 0 Å². The summed E-state index contributed by atoms with van der Waals surface area (Å²) in [5.74, 6) is 0.133. The first kappa shape index (κ1) is 14.0. The van der Waals surface area contributed by atoms with Crippen LogP contribution in [0.5, 0.6) is 0 Å². The van der Waals surface area contributed by atoms with E-state index in [-0.39, 0.29) is 5.69 Å². The van der Waals surface area contributed by atoms with Crippen LogP contribution in [0, 0.1) is 11.6 Å². The van der Waals surface area contributed by atoms with Crippen molar-refractivity contribution in [2.45, 2.75) is 32.2 Å². The molecule has 0 atom stereocenters. The first-order valence-corrected chi connectivity index (χ1v) is 7.64. The van der Waals surface area contributed by atoms with Crippen LogP contribution in [0.3, 0.4) is 0 Å². The summed E-state index contributed by atoms with van der Waals surface area (Å²) >= 11 is 0. The third-order valence-electron chi connectivity index (χ3n) is 4.08. The van der Waals surface area contributed by atoms with Gasteiger partial charge in [0, 0.05) is 19.0 Å². The highest BCUT2D eigenvalue weighted by Crippen LogP contribution is 2.27. The van der Waals surface area contributed by atoms with Gasteiger partial charge in [0.25, 0.3) is 0 Å². The van der Waals surface area contributed by atoms with E-state index in [1.807, 2.05) is 0 Å². The molecule has 3 aromatic rings. The standard InChI is InChI=1S/C16H15F2N5/c17-10-5-6-12(11(18)8-10)21-15-14-16(20-9-19-15)23-7-3-1-2-4-13(23)22-14/h5-6,8-9H,1-4,7H2,(H,19,20,21). The van der Waals surface area contributed by atoms with Crippen LogP contribution in [0.25, 0.3) is 11.2 Å². The van der Waals surface area contributed by atoms with E-state index in [9.17, 15) is 8.78 Å². The lowest BCUT2D eigenvalue weighted by atomic mass is 10.2. The molecular weight excluding hydrogens is 300 g/mol. The number of halogens is 2. The van der Waals surface area contributed by atoms with Gasteiger partial charge in [-0.05, 0) is 25.0 Å². The van der Waals surface area contributed by atoms with Gasteiger partial charge in [0.2, 0.25) is 0 Å². The summed E-state index contributed by atoms with van der Waals surface area (Å²) in [6, 6.07) is 3.38. The molecule has 7 heteroatoms. The van der Waals surface area contributed by atoms with E-state index in [0.29, 0.717) is 11.3 Å². The summed E-state index contributed by atoms with van der Waals surface area (Å²) in [4.78, 5) is 13.1. The number of imidazole rings is 1. The summed E-state index contributed by atoms with van der Waals surface area (Å²) in [6.45, 7) is 0.882. The molecule has 0 unspecified atom stereocenters. The van der Waals surface area contributed by atoms with E-state index < -0.39 is 11.6 Å². The predicted molar refractivity (Wildman–Crippen MR) is 82.5 cm³/mol. The summed E-state index contributed by atoms with van der Waals surface area (Å²) in [5, 5.41) is 2.90. The van der Waals surface area contributed by atoms with Crippen molar-refractivity contribution >= 4 is 22.7 Å². The van der Waals surface area contributed by atoms with Gasteiger partial charge in [0.1, 0.15) is 23.8 Å². The Bertz CT molecular complexity index is 874. The Hall–Kier alpha value is -2.57. The van der Waals surface area contributed by atoms with Gasteiger partial charge in [0.05, 0.1) is 5.69 Å². The zero-order valence-corrected chi connectivity index (χ0v) is 12.4. The average Bonchev–Trinajstić information content (AvgIpc) is 2.73. The number of rotatable bonds is 2. The van der Waals surface area contributed by atoms with Crippen molar-refractivity contribution in [3.8, 4) is 0 Å². The number of aromatic nitrogens is 4. The molecule has 0 saturated heterocycles. The molecule has 4 rings (SSSR count). The molecule has 5 nitrogen and oxygen atoms in total. The maximum atomic E-state index is 13.8. The molecule has 0 spiro atoms. The van der Waals surface area contributed by atoms with Crippen molar-refractivity contribution in [2.75, 3.05) is 5.32 Å². The summed E-state index contributed by atoms with van der Waals surface area (Å²) in [5.41, 5.74) is 1.53. The normalized spacial score (nSPS) is 14.5. The van der Waals surface area contributed by atoms with Crippen molar-refractivity contribution in [1.82, 2.24) is 19.5 Å². The molecule has 0 saturated carbocycles. The fraction of sp³-hybridized carbons (Fsp3) is 0.312. The number of nitrogens with zero attached hydrogens (tertiary/aromatic N) is 4. The van der Waals surface area contributed by atoms with Gasteiger partial charge in [-0.2, -0.15) is 0 Å². The van der Waals surface area contributed by atoms with Crippen LogP contribution in [0.15, 0.2) is 24.5 Å². The smallest absolute Gasteiger partial charge is 0.165 e. The third kappa shape index (κ3) is 2.52. The Balaban J connectivity index is 1.78. The second-order valence-electron chi connectivity index (χ2n) is 5.63. The van der Waals surface area contributed by atoms with Crippen molar-refractivity contribution in [3.05, 3.63) is 42.0 Å². The zero-order valence-electron chi connectivity index (χ0n) is 12.4. The number of aryl methyl sites for hydroxylation is 2. The van der Waals surface area contributed by atoms with E-state index in [4.69, 9.17) is 0 Å². The molecule has 1 aromatic carbocycles. The molecule has 0 radical (unpaired) electrons. The number of anilines is 2. The van der Waals surface area contributed by atoms with Gasteiger partial charge < -0.3 is 9.88 Å². The molecule has 1 aliphatic rings. The minimum absolute atomic E-state index is 0.162. The zero-order chi connectivity index (χ0) is 15.8. The highest BCUT2D eigenvalue weighted by atomic mass is 19.1. The minimum atomic E-state index is -0.669. The monoisotopic (exact) mass is 315 g/mol. The maximum Gasteiger partial charge on any atom is 0.165 e. The lowest BCUT2D eigenvalue weighted by Gasteiger charge is -2.07. The average molecular weight is 315 g/mol. The minimum Gasteiger partial charge on any atom is -0.336 e. The second kappa shape index (κ2) is 5.57. The molecular formula is C16H15F2N5. The highest BCUT2D eigenvalue weighted by molar-refractivity contribution is 5.85. The molecule has 0 amide bonds. The molecule has 3 heterocycles. The Labute approximate surface area is 131 Å². The van der Waals surface area contributed by atoms with Crippen LogP contribution in [-0.2, 0) is 13.0 Å². The quantitative estimate of drug-likeness (QED) is 0.785. The topological polar surface area (TPSA) is 55.6 Å². The van der Waals surface area contributed by atoms with E-state index >= 15 is 0 Å². The van der Waals surface area contributed by atoms with Crippen LogP contribution in [0.4, 0.5) is 20.3 Å². The van der Waals surface area contributed by atoms with E-state index in [1.54, 1.807) is 0 Å². The Morgan fingerprint density at radius 2 is 2.00 bits per heavy atom. The van der Waals surface area contributed by atoms with Crippen molar-refractivity contribution in [3.63, 3.8) is 0 Å². The molecule has 118 valence electrons. The molecule has 0 fully saturated rings. The maximum absolute atomic E-state index is 13.8. The van der Waals surface area contributed by atoms with Crippen LogP contribution < -0.4 is 5.32 Å². The molecule has 1 N–H and O–H groups in total. The first-order chi connectivity index (χ1) is 11.2. The SMILES string of the molecule is Fc1ccc(Nc2ncnc3c2nc2n3CCCCC2)c(F)c1. The third-order valence-corrected chi connectivity index (χ3v) is 4.08. The number of hydrogen-bond acceptors (Lipinski definition) is 4. The molecule has 23 heavy (non-hydrogen) atoms. The first-order valence-electron chi connectivity index (χ1n) is 7.64. The van der Waals surface area contributed by atoms with Gasteiger partial charge in [0.15, 0.2) is 17.0 Å². The predicted octanol–water partition coefficient (Wildman–Crippen LogP) is 3.57. The number of hydrogen-bond donors (Lipinski definition) is 1. The van der Waals surface area contributed by atoms with Crippen molar-refractivity contribution < 1.29 is 8.78 Å².